The van der Waals surface area contributed by atoms with Gasteiger partial charge in [0.1, 0.15) is 11.2 Å². The first-order valence-electron chi connectivity index (χ1n) is 19.7. The minimum absolute atomic E-state index is 0.354. The molecule has 3 heterocycles. The lowest BCUT2D eigenvalue weighted by Gasteiger charge is -2.21. The molecule has 0 spiro atoms. The number of hydrogen-bond acceptors (Lipinski definition) is 3. The summed E-state index contributed by atoms with van der Waals surface area (Å²) in [4.78, 5) is 11.4. The van der Waals surface area contributed by atoms with Gasteiger partial charge in [-0.2, -0.15) is 0 Å². The van der Waals surface area contributed by atoms with Crippen molar-refractivity contribution in [2.75, 3.05) is 0 Å². The molecular weight excluding hydrogens is 695 g/mol. The van der Waals surface area contributed by atoms with Crippen LogP contribution < -0.4 is 0 Å². The van der Waals surface area contributed by atoms with Gasteiger partial charge in [0.05, 0.1) is 22.4 Å². The molecule has 3 aromatic heterocycles. The summed E-state index contributed by atoms with van der Waals surface area (Å²) in [6.45, 7) is 4.61. The van der Waals surface area contributed by atoms with E-state index < -0.39 is 0 Å². The minimum atomic E-state index is -0.354. The van der Waals surface area contributed by atoms with Gasteiger partial charge >= 0.3 is 0 Å². The van der Waals surface area contributed by atoms with E-state index in [0.717, 1.165) is 55.5 Å². The van der Waals surface area contributed by atoms with Crippen LogP contribution in [-0.2, 0) is 5.41 Å². The Morgan fingerprint density at radius 2 is 1.12 bits per heavy atom. The maximum Gasteiger partial charge on any atom is 0.235 e. The van der Waals surface area contributed by atoms with Crippen LogP contribution in [0.4, 0.5) is 0 Å². The molecule has 0 unspecified atom stereocenters. The van der Waals surface area contributed by atoms with Crippen LogP contribution in [0.2, 0.25) is 0 Å². The Bertz CT molecular complexity index is 3700. The number of hydrogen-bond donors (Lipinski definition) is 0. The van der Waals surface area contributed by atoms with Gasteiger partial charge in [-0.15, -0.1) is 0 Å². The molecule has 12 aromatic rings. The van der Waals surface area contributed by atoms with Crippen molar-refractivity contribution in [1.82, 2.24) is 14.5 Å². The molecule has 0 atom stereocenters. The summed E-state index contributed by atoms with van der Waals surface area (Å²) < 4.78 is 8.65. The Morgan fingerprint density at radius 3 is 1.95 bits per heavy atom. The molecule has 4 nitrogen and oxygen atoms in total. The molecular formula is C53H33N3O. The van der Waals surface area contributed by atoms with Crippen molar-refractivity contribution in [2.24, 2.45) is 0 Å². The first-order valence-corrected chi connectivity index (χ1v) is 19.7. The smallest absolute Gasteiger partial charge is 0.235 e. The number of aromatic nitrogens is 3. The molecule has 0 aliphatic heterocycles. The average Bonchev–Trinajstić information content (AvgIpc) is 3.89. The Morgan fingerprint density at radius 1 is 0.491 bits per heavy atom. The highest BCUT2D eigenvalue weighted by Crippen LogP contribution is 2.52. The summed E-state index contributed by atoms with van der Waals surface area (Å²) in [6, 6.07) is 59.1. The molecule has 0 bridgehead atoms. The predicted molar refractivity (Wildman–Crippen MR) is 237 cm³/mol. The van der Waals surface area contributed by atoms with Crippen molar-refractivity contribution in [1.29, 1.82) is 0 Å². The first-order chi connectivity index (χ1) is 28.0. The van der Waals surface area contributed by atoms with E-state index in [4.69, 9.17) is 14.4 Å². The number of fused-ring (bicyclic) bond motifs is 18. The molecule has 0 radical (unpaired) electrons. The number of para-hydroxylation sites is 1. The summed E-state index contributed by atoms with van der Waals surface area (Å²) in [5, 5.41) is 14.5. The maximum absolute atomic E-state index is 6.30. The van der Waals surface area contributed by atoms with E-state index >= 15 is 0 Å². The average molecular weight is 728 g/mol. The fourth-order valence-corrected chi connectivity index (χ4v) is 10.2. The molecule has 57 heavy (non-hydrogen) atoms. The van der Waals surface area contributed by atoms with E-state index in [0.29, 0.717) is 5.95 Å². The SMILES string of the molecule is CC1(C)c2ccccc2-c2c(-c3ccc4oc5ccccc5c4c3)nc(-n3c4ccc5c6ccccc6c6ccccc6c5c4c4ccc5ccccc5c43)nc21. The van der Waals surface area contributed by atoms with Gasteiger partial charge in [-0.1, -0.05) is 147 Å². The lowest BCUT2D eigenvalue weighted by atomic mass is 9.85. The number of nitrogens with zero attached hydrogens (tertiary/aromatic N) is 3. The van der Waals surface area contributed by atoms with Crippen LogP contribution in [0.3, 0.4) is 0 Å². The van der Waals surface area contributed by atoms with E-state index in [-0.39, 0.29) is 5.41 Å². The van der Waals surface area contributed by atoms with Crippen LogP contribution in [0.5, 0.6) is 0 Å². The highest BCUT2D eigenvalue weighted by molar-refractivity contribution is 6.36. The van der Waals surface area contributed by atoms with Gasteiger partial charge < -0.3 is 4.42 Å². The molecule has 0 N–H and O–H groups in total. The molecule has 0 saturated carbocycles. The van der Waals surface area contributed by atoms with Gasteiger partial charge in [-0.05, 0) is 73.8 Å². The predicted octanol–water partition coefficient (Wildman–Crippen LogP) is 14.1. The minimum Gasteiger partial charge on any atom is -0.456 e. The zero-order chi connectivity index (χ0) is 37.6. The van der Waals surface area contributed by atoms with Gasteiger partial charge in [0, 0.05) is 48.9 Å². The topological polar surface area (TPSA) is 43.9 Å². The highest BCUT2D eigenvalue weighted by atomic mass is 16.3. The van der Waals surface area contributed by atoms with Crippen LogP contribution >= 0.6 is 0 Å². The monoisotopic (exact) mass is 727 g/mol. The standard InChI is InChI=1S/C53H33N3O/c1-53(2)42-21-11-9-20-39(42)48-49(31-24-28-45-41(29-31)36-18-10-12-22-44(36)57-45)54-52(55-51(48)53)56-43-27-26-38-35-17-6-5-15-33(35)34-16-7-8-19-37(34)46(38)47(43)40-25-23-30-13-3-4-14-32(30)50(40)56/h3-29H,1-2H3. The number of rotatable bonds is 2. The Labute approximate surface area is 327 Å². The van der Waals surface area contributed by atoms with Crippen molar-refractivity contribution in [2.45, 2.75) is 19.3 Å². The third-order valence-corrected chi connectivity index (χ3v) is 12.7. The van der Waals surface area contributed by atoms with Crippen molar-refractivity contribution < 1.29 is 4.42 Å². The van der Waals surface area contributed by atoms with Crippen LogP contribution in [0.1, 0.15) is 25.1 Å². The van der Waals surface area contributed by atoms with Crippen LogP contribution in [-0.4, -0.2) is 14.5 Å². The molecule has 1 aliphatic rings. The van der Waals surface area contributed by atoms with E-state index in [1.165, 1.54) is 65.0 Å². The molecule has 13 rings (SSSR count). The number of furan rings is 1. The van der Waals surface area contributed by atoms with Gasteiger partial charge in [0.2, 0.25) is 5.95 Å². The van der Waals surface area contributed by atoms with E-state index in [1.54, 1.807) is 0 Å². The van der Waals surface area contributed by atoms with Crippen molar-refractivity contribution in [3.8, 4) is 28.3 Å². The quantitative estimate of drug-likeness (QED) is 0.167. The van der Waals surface area contributed by atoms with Crippen molar-refractivity contribution in [3.05, 3.63) is 175 Å². The summed E-state index contributed by atoms with van der Waals surface area (Å²) in [5.74, 6) is 0.669. The normalized spacial score (nSPS) is 13.6. The summed E-state index contributed by atoms with van der Waals surface area (Å²) in [5.41, 5.74) is 10.1. The molecule has 4 heteroatoms. The molecule has 0 fully saturated rings. The second-order valence-corrected chi connectivity index (χ2v) is 16.1. The summed E-state index contributed by atoms with van der Waals surface area (Å²) in [6.07, 6.45) is 0. The lowest BCUT2D eigenvalue weighted by molar-refractivity contribution is 0.632. The highest BCUT2D eigenvalue weighted by Gasteiger charge is 2.40. The first kappa shape index (κ1) is 31.0. The molecule has 0 saturated heterocycles. The maximum atomic E-state index is 6.30. The van der Waals surface area contributed by atoms with E-state index in [2.05, 4.69) is 170 Å². The zero-order valence-corrected chi connectivity index (χ0v) is 31.3. The Balaban J connectivity index is 1.22. The number of benzene rings is 9. The second kappa shape index (κ2) is 10.9. The third kappa shape index (κ3) is 4.01. The zero-order valence-electron chi connectivity index (χ0n) is 31.3. The van der Waals surface area contributed by atoms with Gasteiger partial charge in [0.15, 0.2) is 0 Å². The third-order valence-electron chi connectivity index (χ3n) is 12.7. The van der Waals surface area contributed by atoms with Crippen molar-refractivity contribution in [3.63, 3.8) is 0 Å². The largest absolute Gasteiger partial charge is 0.456 e. The fraction of sp³-hybridized carbons (Fsp3) is 0.0566. The van der Waals surface area contributed by atoms with Crippen LogP contribution in [0.25, 0.3) is 115 Å². The van der Waals surface area contributed by atoms with E-state index in [9.17, 15) is 0 Å². The summed E-state index contributed by atoms with van der Waals surface area (Å²) >= 11 is 0. The molecule has 1 aliphatic carbocycles. The lowest BCUT2D eigenvalue weighted by Crippen LogP contribution is -2.18. The van der Waals surface area contributed by atoms with E-state index in [1.807, 2.05) is 12.1 Å². The van der Waals surface area contributed by atoms with Crippen LogP contribution in [0, 0.1) is 0 Å². The Kier molecular flexibility index (Phi) is 5.94. The van der Waals surface area contributed by atoms with Gasteiger partial charge in [-0.25, -0.2) is 9.97 Å². The van der Waals surface area contributed by atoms with Crippen molar-refractivity contribution >= 4 is 86.8 Å². The fourth-order valence-electron chi connectivity index (χ4n) is 10.2. The Hall–Kier alpha value is -7.30. The van der Waals surface area contributed by atoms with Crippen LogP contribution in [0.15, 0.2) is 168 Å². The molecule has 9 aromatic carbocycles. The van der Waals surface area contributed by atoms with Gasteiger partial charge in [0.25, 0.3) is 0 Å². The second-order valence-electron chi connectivity index (χ2n) is 16.1. The molecule has 0 amide bonds. The van der Waals surface area contributed by atoms with Gasteiger partial charge in [-0.3, -0.25) is 4.57 Å². The molecule has 266 valence electrons. The summed E-state index contributed by atoms with van der Waals surface area (Å²) in [7, 11) is 0.